The molecule has 0 bridgehead atoms. The molecule has 0 aliphatic heterocycles. The fourth-order valence-corrected chi connectivity index (χ4v) is 2.97. The van der Waals surface area contributed by atoms with Crippen molar-refractivity contribution in [3.63, 3.8) is 0 Å². The normalized spacial score (nSPS) is 10.2. The summed E-state index contributed by atoms with van der Waals surface area (Å²) < 4.78 is 0. The summed E-state index contributed by atoms with van der Waals surface area (Å²) in [7, 11) is 0. The molecule has 2 rings (SSSR count). The van der Waals surface area contributed by atoms with Gasteiger partial charge in [-0.15, -0.1) is 0 Å². The van der Waals surface area contributed by atoms with E-state index in [-0.39, 0.29) is 11.0 Å². The molecule has 0 radical (unpaired) electrons. The Morgan fingerprint density at radius 3 is 2.44 bits per heavy atom. The van der Waals surface area contributed by atoms with E-state index in [4.69, 9.17) is 35.4 Å². The van der Waals surface area contributed by atoms with Gasteiger partial charge in [-0.25, -0.2) is 0 Å². The standard InChI is InChI=1S/C19H19Cl2N3O2S/c1-3-4-17(25)22-12-6-8-14(20)16(10-12)23-19(27)24-18(26)13-7-5-11(2)9-15(13)21/h5-10H,3-4H2,1-2H3,(H,22,25)(H2,23,24,26,27). The van der Waals surface area contributed by atoms with Crippen molar-refractivity contribution < 1.29 is 9.59 Å². The number of amides is 2. The average Bonchev–Trinajstić information content (AvgIpc) is 2.57. The number of aryl methyl sites for hydroxylation is 1. The van der Waals surface area contributed by atoms with Gasteiger partial charge >= 0.3 is 0 Å². The van der Waals surface area contributed by atoms with E-state index in [2.05, 4.69) is 16.0 Å². The van der Waals surface area contributed by atoms with Crippen LogP contribution in [0.4, 0.5) is 11.4 Å². The molecule has 0 aromatic heterocycles. The van der Waals surface area contributed by atoms with Gasteiger partial charge in [0, 0.05) is 12.1 Å². The van der Waals surface area contributed by atoms with Gasteiger partial charge in [0.25, 0.3) is 5.91 Å². The molecule has 0 fully saturated rings. The van der Waals surface area contributed by atoms with Crippen LogP contribution in [0.1, 0.15) is 35.7 Å². The van der Waals surface area contributed by atoms with Gasteiger partial charge in [-0.2, -0.15) is 0 Å². The third-order valence-corrected chi connectivity index (χ3v) is 4.42. The summed E-state index contributed by atoms with van der Waals surface area (Å²) in [5, 5.41) is 9.01. The molecule has 5 nitrogen and oxygen atoms in total. The highest BCUT2D eigenvalue weighted by atomic mass is 35.5. The first-order valence-electron chi connectivity index (χ1n) is 8.28. The zero-order valence-electron chi connectivity index (χ0n) is 14.9. The van der Waals surface area contributed by atoms with Crippen LogP contribution >= 0.6 is 35.4 Å². The lowest BCUT2D eigenvalue weighted by molar-refractivity contribution is -0.116. The summed E-state index contributed by atoms with van der Waals surface area (Å²) >= 11 is 17.4. The van der Waals surface area contributed by atoms with Crippen molar-refractivity contribution in [2.45, 2.75) is 26.7 Å². The minimum Gasteiger partial charge on any atom is -0.331 e. The van der Waals surface area contributed by atoms with E-state index < -0.39 is 5.91 Å². The molecule has 0 aliphatic carbocycles. The molecule has 0 spiro atoms. The molecule has 3 N–H and O–H groups in total. The second-order valence-corrected chi connectivity index (χ2v) is 7.11. The Bertz CT molecular complexity index is 887. The average molecular weight is 424 g/mol. The maximum atomic E-state index is 12.3. The van der Waals surface area contributed by atoms with Gasteiger partial charge in [0.15, 0.2) is 5.11 Å². The molecule has 0 unspecified atom stereocenters. The number of carbonyl (C=O) groups excluding carboxylic acids is 2. The fraction of sp³-hybridized carbons (Fsp3) is 0.211. The number of rotatable bonds is 5. The quantitative estimate of drug-likeness (QED) is 0.580. The Morgan fingerprint density at radius 2 is 1.78 bits per heavy atom. The Morgan fingerprint density at radius 1 is 1.04 bits per heavy atom. The van der Waals surface area contributed by atoms with Crippen LogP contribution in [0.15, 0.2) is 36.4 Å². The topological polar surface area (TPSA) is 70.2 Å². The number of anilines is 2. The first kappa shape index (κ1) is 21.2. The van der Waals surface area contributed by atoms with E-state index in [0.29, 0.717) is 33.4 Å². The van der Waals surface area contributed by atoms with Crippen molar-refractivity contribution in [3.05, 3.63) is 57.6 Å². The van der Waals surface area contributed by atoms with Crippen LogP contribution in [0.5, 0.6) is 0 Å². The van der Waals surface area contributed by atoms with Crippen LogP contribution in [0.2, 0.25) is 10.0 Å². The largest absolute Gasteiger partial charge is 0.331 e. The molecule has 0 saturated heterocycles. The summed E-state index contributed by atoms with van der Waals surface area (Å²) in [5.41, 5.74) is 2.31. The molecule has 2 amide bonds. The lowest BCUT2D eigenvalue weighted by atomic mass is 10.1. The van der Waals surface area contributed by atoms with Crippen LogP contribution in [0, 0.1) is 6.92 Å². The number of hydrogen-bond donors (Lipinski definition) is 3. The first-order valence-corrected chi connectivity index (χ1v) is 9.44. The van der Waals surface area contributed by atoms with Gasteiger partial charge in [-0.3, -0.25) is 14.9 Å². The highest BCUT2D eigenvalue weighted by Crippen LogP contribution is 2.26. The van der Waals surface area contributed by atoms with Crippen molar-refractivity contribution in [1.29, 1.82) is 0 Å². The molecule has 27 heavy (non-hydrogen) atoms. The maximum Gasteiger partial charge on any atom is 0.258 e. The summed E-state index contributed by atoms with van der Waals surface area (Å²) in [4.78, 5) is 24.1. The maximum absolute atomic E-state index is 12.3. The van der Waals surface area contributed by atoms with Gasteiger partial charge in [-0.1, -0.05) is 36.2 Å². The van der Waals surface area contributed by atoms with Crippen LogP contribution in [-0.2, 0) is 4.79 Å². The molecule has 0 saturated carbocycles. The lowest BCUT2D eigenvalue weighted by Crippen LogP contribution is -2.34. The van der Waals surface area contributed by atoms with Gasteiger partial charge < -0.3 is 10.6 Å². The third-order valence-electron chi connectivity index (χ3n) is 3.57. The van der Waals surface area contributed by atoms with Gasteiger partial charge in [0.05, 0.1) is 21.3 Å². The number of carbonyl (C=O) groups is 2. The first-order chi connectivity index (χ1) is 12.8. The molecule has 2 aromatic rings. The molecular weight excluding hydrogens is 405 g/mol. The van der Waals surface area contributed by atoms with E-state index in [0.717, 1.165) is 12.0 Å². The van der Waals surface area contributed by atoms with E-state index in [1.54, 1.807) is 36.4 Å². The second kappa shape index (κ2) is 9.69. The Kier molecular flexibility index (Phi) is 7.59. The molecule has 8 heteroatoms. The zero-order valence-corrected chi connectivity index (χ0v) is 17.2. The van der Waals surface area contributed by atoms with Crippen molar-refractivity contribution in [2.75, 3.05) is 10.6 Å². The molecule has 0 heterocycles. The number of benzene rings is 2. The fourth-order valence-electron chi connectivity index (χ4n) is 2.28. The Labute approximate surface area is 173 Å². The van der Waals surface area contributed by atoms with E-state index in [1.165, 1.54) is 0 Å². The van der Waals surface area contributed by atoms with Crippen molar-refractivity contribution in [2.24, 2.45) is 0 Å². The van der Waals surface area contributed by atoms with Gasteiger partial charge in [0.2, 0.25) is 5.91 Å². The van der Waals surface area contributed by atoms with Crippen LogP contribution in [0.25, 0.3) is 0 Å². The van der Waals surface area contributed by atoms with Crippen LogP contribution in [-0.4, -0.2) is 16.9 Å². The number of halogens is 2. The van der Waals surface area contributed by atoms with Crippen molar-refractivity contribution in [1.82, 2.24) is 5.32 Å². The third kappa shape index (κ3) is 6.20. The van der Waals surface area contributed by atoms with E-state index >= 15 is 0 Å². The number of thiocarbonyl (C=S) groups is 1. The minimum absolute atomic E-state index is 0.0653. The molecular formula is C19H19Cl2N3O2S. The summed E-state index contributed by atoms with van der Waals surface area (Å²) in [5.74, 6) is -0.517. The lowest BCUT2D eigenvalue weighted by Gasteiger charge is -2.13. The summed E-state index contributed by atoms with van der Waals surface area (Å²) in [6.45, 7) is 3.81. The number of hydrogen-bond acceptors (Lipinski definition) is 3. The number of nitrogens with one attached hydrogen (secondary N) is 3. The van der Waals surface area contributed by atoms with Crippen molar-refractivity contribution >= 4 is 63.7 Å². The van der Waals surface area contributed by atoms with Gasteiger partial charge in [-0.05, 0) is 61.5 Å². The Hall–Kier alpha value is -2.15. The summed E-state index contributed by atoms with van der Waals surface area (Å²) in [6, 6.07) is 10.1. The van der Waals surface area contributed by atoms with Crippen LogP contribution < -0.4 is 16.0 Å². The van der Waals surface area contributed by atoms with E-state index in [1.807, 2.05) is 13.8 Å². The van der Waals surface area contributed by atoms with Crippen LogP contribution in [0.3, 0.4) is 0 Å². The smallest absolute Gasteiger partial charge is 0.258 e. The zero-order chi connectivity index (χ0) is 20.0. The minimum atomic E-state index is -0.430. The highest BCUT2D eigenvalue weighted by Gasteiger charge is 2.13. The monoisotopic (exact) mass is 423 g/mol. The molecule has 0 aliphatic rings. The molecule has 2 aromatic carbocycles. The van der Waals surface area contributed by atoms with Gasteiger partial charge in [0.1, 0.15) is 0 Å². The predicted molar refractivity (Wildman–Crippen MR) is 115 cm³/mol. The predicted octanol–water partition coefficient (Wildman–Crippen LogP) is 5.17. The van der Waals surface area contributed by atoms with Crippen molar-refractivity contribution in [3.8, 4) is 0 Å². The molecule has 142 valence electrons. The second-order valence-electron chi connectivity index (χ2n) is 5.88. The van der Waals surface area contributed by atoms with E-state index in [9.17, 15) is 9.59 Å². The Balaban J connectivity index is 2.06. The highest BCUT2D eigenvalue weighted by molar-refractivity contribution is 7.80. The SMILES string of the molecule is CCCC(=O)Nc1ccc(Cl)c(NC(=S)NC(=O)c2ccc(C)cc2Cl)c1. The molecule has 0 atom stereocenters. The summed E-state index contributed by atoms with van der Waals surface area (Å²) in [6.07, 6.45) is 1.18.